The number of carbonyl (C=O) groups is 2. The van der Waals surface area contributed by atoms with Gasteiger partial charge in [-0.15, -0.1) is 0 Å². The molecule has 0 aromatic carbocycles. The highest BCUT2D eigenvalue weighted by Gasteiger charge is 2.30. The molecule has 0 aromatic rings. The summed E-state index contributed by atoms with van der Waals surface area (Å²) in [7, 11) is 0. The van der Waals surface area contributed by atoms with Crippen molar-refractivity contribution in [1.29, 1.82) is 0 Å². The average Bonchev–Trinajstić information content (AvgIpc) is 2.53. The van der Waals surface area contributed by atoms with E-state index in [4.69, 9.17) is 19.6 Å². The lowest BCUT2D eigenvalue weighted by molar-refractivity contribution is -0.341. The molecule has 32 heavy (non-hydrogen) atoms. The van der Waals surface area contributed by atoms with Crippen molar-refractivity contribution in [2.45, 2.75) is 133 Å². The second kappa shape index (κ2) is 12.4. The first-order valence-corrected chi connectivity index (χ1v) is 12.0. The van der Waals surface area contributed by atoms with Gasteiger partial charge >= 0.3 is 11.9 Å². The highest BCUT2D eigenvalue weighted by molar-refractivity contribution is 5.69. The van der Waals surface area contributed by atoms with Gasteiger partial charge in [-0.25, -0.2) is 9.59 Å². The fraction of sp³-hybridized carbons (Fsp3) is 0.923. The molecule has 0 rings (SSSR count). The van der Waals surface area contributed by atoms with Gasteiger partial charge in [0.05, 0.1) is 12.8 Å². The van der Waals surface area contributed by atoms with Gasteiger partial charge in [-0.2, -0.15) is 9.78 Å². The van der Waals surface area contributed by atoms with Crippen LogP contribution in [-0.2, 0) is 29.1 Å². The van der Waals surface area contributed by atoms with E-state index in [2.05, 4.69) is 41.5 Å². The summed E-state index contributed by atoms with van der Waals surface area (Å²) in [6.07, 6.45) is 3.64. The second-order valence-electron chi connectivity index (χ2n) is 13.2. The first-order chi connectivity index (χ1) is 14.2. The van der Waals surface area contributed by atoms with Crippen LogP contribution in [0, 0.1) is 22.7 Å². The Morgan fingerprint density at radius 1 is 0.594 bits per heavy atom. The van der Waals surface area contributed by atoms with Crippen LogP contribution in [0.4, 0.5) is 0 Å². The molecule has 0 fully saturated rings. The van der Waals surface area contributed by atoms with Gasteiger partial charge in [0.1, 0.15) is 11.2 Å². The van der Waals surface area contributed by atoms with E-state index in [9.17, 15) is 9.59 Å². The van der Waals surface area contributed by atoms with E-state index in [1.165, 1.54) is 0 Å². The van der Waals surface area contributed by atoms with Crippen molar-refractivity contribution < 1.29 is 29.1 Å². The second-order valence-corrected chi connectivity index (χ2v) is 13.2. The molecule has 0 aliphatic heterocycles. The molecule has 0 bridgehead atoms. The van der Waals surface area contributed by atoms with Crippen molar-refractivity contribution in [1.82, 2.24) is 0 Å². The monoisotopic (exact) mass is 458 g/mol. The summed E-state index contributed by atoms with van der Waals surface area (Å²) in [5.41, 5.74) is -1.04. The maximum Gasteiger partial charge on any atom is 0.342 e. The lowest BCUT2D eigenvalue weighted by Crippen LogP contribution is -2.33. The molecular formula is C26H50O6. The van der Waals surface area contributed by atoms with Gasteiger partial charge in [0.25, 0.3) is 0 Å². The first-order valence-electron chi connectivity index (χ1n) is 12.0. The van der Waals surface area contributed by atoms with Crippen molar-refractivity contribution in [2.75, 3.05) is 0 Å². The van der Waals surface area contributed by atoms with Gasteiger partial charge in [-0.1, -0.05) is 55.4 Å². The molecule has 0 N–H and O–H groups in total. The lowest BCUT2D eigenvalue weighted by Gasteiger charge is -2.29. The molecule has 2 unspecified atom stereocenters. The van der Waals surface area contributed by atoms with Crippen LogP contribution in [0.5, 0.6) is 0 Å². The summed E-state index contributed by atoms with van der Waals surface area (Å²) in [5, 5.41) is 0. The topological polar surface area (TPSA) is 71.1 Å². The van der Waals surface area contributed by atoms with Crippen molar-refractivity contribution >= 4 is 11.9 Å². The van der Waals surface area contributed by atoms with Gasteiger partial charge in [0.15, 0.2) is 0 Å². The lowest BCUT2D eigenvalue weighted by atomic mass is 9.84. The van der Waals surface area contributed by atoms with Gasteiger partial charge in [0.2, 0.25) is 0 Å². The van der Waals surface area contributed by atoms with Gasteiger partial charge in [0, 0.05) is 0 Å². The summed E-state index contributed by atoms with van der Waals surface area (Å²) in [5.74, 6) is -0.267. The van der Waals surface area contributed by atoms with Crippen molar-refractivity contribution in [2.24, 2.45) is 22.7 Å². The minimum Gasteiger partial charge on any atom is -0.298 e. The van der Waals surface area contributed by atoms with Crippen LogP contribution in [0.15, 0.2) is 0 Å². The largest absolute Gasteiger partial charge is 0.342 e. The Labute approximate surface area is 196 Å². The van der Waals surface area contributed by atoms with E-state index in [0.717, 1.165) is 12.8 Å². The fourth-order valence-corrected chi connectivity index (χ4v) is 3.88. The number of hydrogen-bond donors (Lipinski definition) is 0. The Morgan fingerprint density at radius 2 is 0.875 bits per heavy atom. The fourth-order valence-electron chi connectivity index (χ4n) is 3.88. The van der Waals surface area contributed by atoms with Crippen LogP contribution >= 0.6 is 0 Å². The minimum atomic E-state index is -0.686. The number of hydrogen-bond acceptors (Lipinski definition) is 6. The Hall–Kier alpha value is -1.14. The molecule has 0 aliphatic carbocycles. The number of rotatable bonds is 13. The molecule has 6 nitrogen and oxygen atoms in total. The highest BCUT2D eigenvalue weighted by atomic mass is 17.2. The smallest absolute Gasteiger partial charge is 0.298 e. The van der Waals surface area contributed by atoms with Crippen LogP contribution < -0.4 is 0 Å². The van der Waals surface area contributed by atoms with E-state index in [0.29, 0.717) is 25.7 Å². The van der Waals surface area contributed by atoms with Crippen LogP contribution in [-0.4, -0.2) is 23.1 Å². The van der Waals surface area contributed by atoms with E-state index in [-0.39, 0.29) is 34.6 Å². The number of carbonyl (C=O) groups excluding carboxylic acids is 2. The summed E-state index contributed by atoms with van der Waals surface area (Å²) in [4.78, 5) is 45.2. The Balaban J connectivity index is 4.37. The average molecular weight is 459 g/mol. The molecule has 0 saturated heterocycles. The maximum atomic E-state index is 12.1. The minimum absolute atomic E-state index is 0.166. The summed E-state index contributed by atoms with van der Waals surface area (Å²) in [6.45, 7) is 24.4. The standard InChI is InChI=1S/C26H50O6/c1-19(17-23(3,4)5)15-21(27)29-31-25(9,10)13-14-26(11,12)32-30-22(28)16-20(2)18-24(6,7)8/h19-20H,13-18H2,1-12H3. The van der Waals surface area contributed by atoms with E-state index < -0.39 is 11.2 Å². The molecule has 0 aliphatic rings. The van der Waals surface area contributed by atoms with Gasteiger partial charge < -0.3 is 0 Å². The summed E-state index contributed by atoms with van der Waals surface area (Å²) in [6, 6.07) is 0. The first kappa shape index (κ1) is 30.9. The van der Waals surface area contributed by atoms with Gasteiger partial charge in [-0.3, -0.25) is 9.78 Å². The molecule has 0 radical (unpaired) electrons. The predicted molar refractivity (Wildman–Crippen MR) is 127 cm³/mol. The zero-order valence-corrected chi connectivity index (χ0v) is 22.8. The SMILES string of the molecule is CC(CC(=O)OOC(C)(C)CCC(C)(C)OOC(=O)CC(C)CC(C)(C)C)CC(C)(C)C. The van der Waals surface area contributed by atoms with Crippen LogP contribution in [0.2, 0.25) is 0 Å². The highest BCUT2D eigenvalue weighted by Crippen LogP contribution is 2.29. The zero-order valence-electron chi connectivity index (χ0n) is 22.8. The molecule has 0 aromatic heterocycles. The Kier molecular flexibility index (Phi) is 11.9. The Morgan fingerprint density at radius 3 is 1.12 bits per heavy atom. The van der Waals surface area contributed by atoms with Crippen LogP contribution in [0.3, 0.4) is 0 Å². The quantitative estimate of drug-likeness (QED) is 0.215. The normalized spacial score (nSPS) is 15.2. The van der Waals surface area contributed by atoms with E-state index in [1.54, 1.807) is 0 Å². The summed E-state index contributed by atoms with van der Waals surface area (Å²) < 4.78 is 0. The van der Waals surface area contributed by atoms with Crippen molar-refractivity contribution in [3.8, 4) is 0 Å². The predicted octanol–water partition coefficient (Wildman–Crippen LogP) is 7.20. The zero-order chi connectivity index (χ0) is 25.4. The third kappa shape index (κ3) is 17.4. The summed E-state index contributed by atoms with van der Waals surface area (Å²) >= 11 is 0. The maximum absolute atomic E-state index is 12.1. The molecule has 0 spiro atoms. The molecule has 6 heteroatoms. The van der Waals surface area contributed by atoms with Crippen LogP contribution in [0.1, 0.15) is 122 Å². The molecule has 0 amide bonds. The Bertz CT molecular complexity index is 528. The van der Waals surface area contributed by atoms with Crippen LogP contribution in [0.25, 0.3) is 0 Å². The molecular weight excluding hydrogens is 408 g/mol. The van der Waals surface area contributed by atoms with Crippen molar-refractivity contribution in [3.05, 3.63) is 0 Å². The molecule has 2 atom stereocenters. The third-order valence-corrected chi connectivity index (χ3v) is 5.00. The molecule has 0 heterocycles. The van der Waals surface area contributed by atoms with E-state index in [1.807, 2.05) is 41.5 Å². The molecule has 0 saturated carbocycles. The third-order valence-electron chi connectivity index (χ3n) is 5.00. The van der Waals surface area contributed by atoms with E-state index >= 15 is 0 Å². The molecule has 190 valence electrons. The van der Waals surface area contributed by atoms with Gasteiger partial charge in [-0.05, 0) is 76.0 Å². The van der Waals surface area contributed by atoms with Crippen molar-refractivity contribution in [3.63, 3.8) is 0 Å².